The van der Waals surface area contributed by atoms with Gasteiger partial charge in [-0.2, -0.15) is 13.2 Å². The third-order valence-corrected chi connectivity index (χ3v) is 7.98. The van der Waals surface area contributed by atoms with Gasteiger partial charge in [-0.3, -0.25) is 4.90 Å². The van der Waals surface area contributed by atoms with Crippen LogP contribution in [0, 0.1) is 11.8 Å². The van der Waals surface area contributed by atoms with Gasteiger partial charge >= 0.3 is 5.51 Å². The van der Waals surface area contributed by atoms with Crippen molar-refractivity contribution in [1.29, 1.82) is 0 Å². The van der Waals surface area contributed by atoms with Gasteiger partial charge in [-0.25, -0.2) is 4.98 Å². The third kappa shape index (κ3) is 5.41. The average Bonchev–Trinajstić information content (AvgIpc) is 2.88. The van der Waals surface area contributed by atoms with Crippen molar-refractivity contribution in [3.63, 3.8) is 0 Å². The standard InChI is InChI=1S/C28H29F3N2O2S/c1-3-19-16-33-12-11-20(19)13-25(33)27(35-17-18-7-5-4-6-8-18)23-15-26(36-28(29,30)31)32-24-10-9-21(34-2)14-22(23)24/h3-10,14-15,19-20,25,27H,1,11-13,16-17H2,2H3/t19-,20-,25?,27-/m0/s1. The summed E-state index contributed by atoms with van der Waals surface area (Å²) in [5.41, 5.74) is -2.21. The average molecular weight is 515 g/mol. The fourth-order valence-electron chi connectivity index (χ4n) is 5.60. The van der Waals surface area contributed by atoms with Gasteiger partial charge in [0.1, 0.15) is 10.8 Å². The molecule has 2 aromatic carbocycles. The molecule has 2 bridgehead atoms. The lowest BCUT2D eigenvalue weighted by molar-refractivity contribution is -0.0804. The first-order valence-electron chi connectivity index (χ1n) is 12.1. The largest absolute Gasteiger partial charge is 0.497 e. The zero-order valence-corrected chi connectivity index (χ0v) is 20.9. The molecule has 3 saturated heterocycles. The molecule has 0 radical (unpaired) electrons. The molecule has 8 heteroatoms. The second kappa shape index (κ2) is 10.4. The van der Waals surface area contributed by atoms with Crippen LogP contribution in [0.4, 0.5) is 13.2 Å². The highest BCUT2D eigenvalue weighted by molar-refractivity contribution is 8.00. The molecule has 1 aromatic heterocycles. The van der Waals surface area contributed by atoms with E-state index in [9.17, 15) is 13.2 Å². The first-order chi connectivity index (χ1) is 17.3. The smallest absolute Gasteiger partial charge is 0.447 e. The van der Waals surface area contributed by atoms with Crippen LogP contribution in [-0.4, -0.2) is 41.6 Å². The van der Waals surface area contributed by atoms with Crippen LogP contribution < -0.4 is 4.74 Å². The molecule has 190 valence electrons. The topological polar surface area (TPSA) is 34.6 Å². The van der Waals surface area contributed by atoms with Gasteiger partial charge in [0.05, 0.1) is 25.3 Å². The number of benzene rings is 2. The summed E-state index contributed by atoms with van der Waals surface area (Å²) in [6.07, 6.45) is 3.62. The molecule has 3 fully saturated rings. The first kappa shape index (κ1) is 25.1. The maximum atomic E-state index is 13.4. The molecule has 4 heterocycles. The molecule has 3 aliphatic rings. The van der Waals surface area contributed by atoms with Crippen LogP contribution >= 0.6 is 11.8 Å². The van der Waals surface area contributed by atoms with Crippen molar-refractivity contribution in [1.82, 2.24) is 9.88 Å². The van der Waals surface area contributed by atoms with Crippen LogP contribution in [0.1, 0.15) is 30.1 Å². The van der Waals surface area contributed by atoms with Gasteiger partial charge in [-0.15, -0.1) is 6.58 Å². The number of halogens is 3. The van der Waals surface area contributed by atoms with E-state index in [1.54, 1.807) is 25.3 Å². The van der Waals surface area contributed by atoms with Gasteiger partial charge in [0.15, 0.2) is 0 Å². The molecule has 4 nitrogen and oxygen atoms in total. The molecule has 5 atom stereocenters. The van der Waals surface area contributed by atoms with Crippen LogP contribution in [0.15, 0.2) is 72.3 Å². The number of nitrogens with zero attached hydrogens (tertiary/aromatic N) is 2. The lowest BCUT2D eigenvalue weighted by Crippen LogP contribution is -2.55. The molecule has 0 N–H and O–H groups in total. The Morgan fingerprint density at radius 1 is 1.19 bits per heavy atom. The minimum Gasteiger partial charge on any atom is -0.497 e. The summed E-state index contributed by atoms with van der Waals surface area (Å²) in [5.74, 6) is 1.54. The highest BCUT2D eigenvalue weighted by Gasteiger charge is 2.43. The Hall–Kier alpha value is -2.55. The predicted molar refractivity (Wildman–Crippen MR) is 136 cm³/mol. The van der Waals surface area contributed by atoms with E-state index in [-0.39, 0.29) is 22.8 Å². The van der Waals surface area contributed by atoms with E-state index in [2.05, 4.69) is 16.5 Å². The van der Waals surface area contributed by atoms with E-state index in [1.807, 2.05) is 42.5 Å². The third-order valence-electron chi connectivity index (χ3n) is 7.33. The summed E-state index contributed by atoms with van der Waals surface area (Å²) in [4.78, 5) is 6.74. The Labute approximate surface area is 213 Å². The number of thioether (sulfide) groups is 1. The number of aromatic nitrogens is 1. The maximum absolute atomic E-state index is 13.4. The Morgan fingerprint density at radius 2 is 2.00 bits per heavy atom. The summed E-state index contributed by atoms with van der Waals surface area (Å²) < 4.78 is 52.2. The van der Waals surface area contributed by atoms with Gasteiger partial charge in [-0.05, 0) is 66.6 Å². The number of pyridine rings is 1. The quantitative estimate of drug-likeness (QED) is 0.239. The van der Waals surface area contributed by atoms with E-state index in [0.29, 0.717) is 35.3 Å². The second-order valence-electron chi connectivity index (χ2n) is 9.44. The molecule has 0 saturated carbocycles. The number of methoxy groups -OCH3 is 1. The van der Waals surface area contributed by atoms with Crippen molar-refractivity contribution in [2.45, 2.75) is 42.1 Å². The van der Waals surface area contributed by atoms with Crippen LogP contribution in [-0.2, 0) is 11.3 Å². The highest BCUT2D eigenvalue weighted by Crippen LogP contribution is 2.45. The number of rotatable bonds is 8. The van der Waals surface area contributed by atoms with Crippen LogP contribution in [0.2, 0.25) is 0 Å². The van der Waals surface area contributed by atoms with Crippen molar-refractivity contribution in [3.8, 4) is 5.75 Å². The number of hydrogen-bond acceptors (Lipinski definition) is 5. The number of piperidine rings is 3. The summed E-state index contributed by atoms with van der Waals surface area (Å²) in [7, 11) is 1.58. The molecule has 0 aliphatic carbocycles. The van der Waals surface area contributed by atoms with E-state index >= 15 is 0 Å². The van der Waals surface area contributed by atoms with Crippen LogP contribution in [0.25, 0.3) is 10.9 Å². The van der Waals surface area contributed by atoms with Gasteiger partial charge in [0.2, 0.25) is 0 Å². The van der Waals surface area contributed by atoms with Crippen molar-refractivity contribution < 1.29 is 22.6 Å². The summed E-state index contributed by atoms with van der Waals surface area (Å²) in [6.45, 7) is 6.22. The molecular weight excluding hydrogens is 485 g/mol. The summed E-state index contributed by atoms with van der Waals surface area (Å²) in [5, 5.41) is 0.672. The van der Waals surface area contributed by atoms with Gasteiger partial charge in [0, 0.05) is 29.7 Å². The fraction of sp³-hybridized carbons (Fsp3) is 0.393. The summed E-state index contributed by atoms with van der Waals surface area (Å²) >= 11 is -0.187. The lowest BCUT2D eigenvalue weighted by atomic mass is 9.73. The number of fused-ring (bicyclic) bond motifs is 4. The highest BCUT2D eigenvalue weighted by atomic mass is 32.2. The summed E-state index contributed by atoms with van der Waals surface area (Å²) in [6, 6.07) is 16.8. The minimum absolute atomic E-state index is 0.0456. The Bertz CT molecular complexity index is 1220. The van der Waals surface area contributed by atoms with Crippen molar-refractivity contribution >= 4 is 22.7 Å². The minimum atomic E-state index is -4.44. The zero-order chi connectivity index (χ0) is 25.3. The van der Waals surface area contributed by atoms with Gasteiger partial charge in [-0.1, -0.05) is 36.4 Å². The van der Waals surface area contributed by atoms with E-state index in [4.69, 9.17) is 9.47 Å². The molecule has 0 spiro atoms. The molecular formula is C28H29F3N2O2S. The first-order valence-corrected chi connectivity index (χ1v) is 12.9. The van der Waals surface area contributed by atoms with E-state index in [0.717, 1.165) is 36.9 Å². The zero-order valence-electron chi connectivity index (χ0n) is 20.1. The van der Waals surface area contributed by atoms with E-state index < -0.39 is 11.6 Å². The van der Waals surface area contributed by atoms with E-state index in [1.165, 1.54) is 0 Å². The lowest BCUT2D eigenvalue weighted by Gasteiger charge is -2.51. The number of alkyl halides is 3. The number of ether oxygens (including phenoxy) is 2. The van der Waals surface area contributed by atoms with Crippen LogP contribution in [0.3, 0.4) is 0 Å². The molecule has 3 aromatic rings. The maximum Gasteiger partial charge on any atom is 0.447 e. The van der Waals surface area contributed by atoms with Crippen molar-refractivity contribution in [2.24, 2.45) is 11.8 Å². The monoisotopic (exact) mass is 514 g/mol. The van der Waals surface area contributed by atoms with Crippen molar-refractivity contribution in [3.05, 3.63) is 78.4 Å². The molecule has 0 amide bonds. The van der Waals surface area contributed by atoms with Gasteiger partial charge in [0.25, 0.3) is 0 Å². The normalized spacial score (nSPS) is 24.6. The Balaban J connectivity index is 1.60. The molecule has 36 heavy (non-hydrogen) atoms. The molecule has 3 aliphatic heterocycles. The SMILES string of the molecule is C=C[C@H]1CN2CC[C@H]1CC2[C@@H](OCc1ccccc1)c1cc(SC(F)(F)F)nc2ccc(OC)cc12. The fourth-order valence-corrected chi connectivity index (χ4v) is 6.17. The van der Waals surface area contributed by atoms with Crippen molar-refractivity contribution in [2.75, 3.05) is 20.2 Å². The Kier molecular flexibility index (Phi) is 7.28. The van der Waals surface area contributed by atoms with Gasteiger partial charge < -0.3 is 9.47 Å². The van der Waals surface area contributed by atoms with Crippen LogP contribution in [0.5, 0.6) is 5.75 Å². The second-order valence-corrected chi connectivity index (χ2v) is 10.5. The molecule has 2 unspecified atom stereocenters. The Morgan fingerprint density at radius 3 is 2.67 bits per heavy atom. The molecule has 6 rings (SSSR count). The predicted octanol–water partition coefficient (Wildman–Crippen LogP) is 7.01. The number of hydrogen-bond donors (Lipinski definition) is 0.